The molecule has 2 amide bonds. The molecule has 156 valence electrons. The van der Waals surface area contributed by atoms with Crippen molar-refractivity contribution in [2.24, 2.45) is 0 Å². The lowest BCUT2D eigenvalue weighted by molar-refractivity contribution is 0.0341. The third-order valence-corrected chi connectivity index (χ3v) is 5.17. The molecule has 0 aromatic heterocycles. The number of ether oxygens (including phenoxy) is 2. The van der Waals surface area contributed by atoms with Crippen LogP contribution in [0, 0.1) is 6.92 Å². The lowest BCUT2D eigenvalue weighted by Crippen LogP contribution is -2.39. The van der Waals surface area contributed by atoms with Gasteiger partial charge in [0.05, 0.1) is 19.8 Å². The highest BCUT2D eigenvalue weighted by molar-refractivity contribution is 5.73. The first-order valence-corrected chi connectivity index (χ1v) is 10.2. The van der Waals surface area contributed by atoms with Gasteiger partial charge in [0.1, 0.15) is 12.4 Å². The van der Waals surface area contributed by atoms with E-state index in [4.69, 9.17) is 9.47 Å². The number of para-hydroxylation sites is 1. The molecule has 0 radical (unpaired) electrons. The zero-order chi connectivity index (χ0) is 20.5. The summed E-state index contributed by atoms with van der Waals surface area (Å²) < 4.78 is 11.2. The topological polar surface area (TPSA) is 54.0 Å². The summed E-state index contributed by atoms with van der Waals surface area (Å²) in [6, 6.07) is 16.1. The van der Waals surface area contributed by atoms with E-state index in [-0.39, 0.29) is 6.03 Å². The van der Waals surface area contributed by atoms with Crippen LogP contribution in [0.4, 0.5) is 4.79 Å². The zero-order valence-corrected chi connectivity index (χ0v) is 17.4. The fourth-order valence-electron chi connectivity index (χ4n) is 3.30. The predicted molar refractivity (Wildman–Crippen MR) is 114 cm³/mol. The van der Waals surface area contributed by atoms with E-state index in [1.165, 1.54) is 5.56 Å². The van der Waals surface area contributed by atoms with Crippen LogP contribution in [0.3, 0.4) is 0 Å². The molecule has 0 spiro atoms. The van der Waals surface area contributed by atoms with Gasteiger partial charge < -0.3 is 19.7 Å². The molecule has 1 aliphatic heterocycles. The molecule has 29 heavy (non-hydrogen) atoms. The number of hydrogen-bond donors (Lipinski definition) is 1. The number of nitrogens with zero attached hydrogens (tertiary/aromatic N) is 2. The van der Waals surface area contributed by atoms with E-state index in [0.717, 1.165) is 49.7 Å². The summed E-state index contributed by atoms with van der Waals surface area (Å²) >= 11 is 0. The summed E-state index contributed by atoms with van der Waals surface area (Å²) in [4.78, 5) is 16.5. The smallest absolute Gasteiger partial charge is 0.317 e. The summed E-state index contributed by atoms with van der Waals surface area (Å²) in [5.74, 6) is 0.860. The van der Waals surface area contributed by atoms with E-state index in [0.29, 0.717) is 19.7 Å². The second kappa shape index (κ2) is 10.8. The molecule has 6 nitrogen and oxygen atoms in total. The van der Waals surface area contributed by atoms with Crippen molar-refractivity contribution in [2.45, 2.75) is 20.0 Å². The molecular weight excluding hydrogens is 366 g/mol. The SMILES string of the molecule is Cc1ccccc1OCCN(C)C(=O)NCc1ccccc1CN1CCOCC1. The number of benzene rings is 2. The Bertz CT molecular complexity index is 790. The summed E-state index contributed by atoms with van der Waals surface area (Å²) in [5.41, 5.74) is 3.49. The predicted octanol–water partition coefficient (Wildman–Crippen LogP) is 3.05. The molecule has 1 saturated heterocycles. The van der Waals surface area contributed by atoms with E-state index < -0.39 is 0 Å². The molecule has 0 aliphatic carbocycles. The Morgan fingerprint density at radius 2 is 1.79 bits per heavy atom. The average Bonchev–Trinajstić information content (AvgIpc) is 2.75. The number of nitrogens with one attached hydrogen (secondary N) is 1. The first kappa shape index (κ1) is 21.1. The normalized spacial score (nSPS) is 14.4. The Kier molecular flexibility index (Phi) is 7.90. The van der Waals surface area contributed by atoms with Crippen LogP contribution in [0.2, 0.25) is 0 Å². The van der Waals surface area contributed by atoms with Gasteiger partial charge in [-0.1, -0.05) is 42.5 Å². The molecule has 2 aromatic rings. The van der Waals surface area contributed by atoms with Crippen LogP contribution in [-0.4, -0.2) is 62.3 Å². The molecule has 0 saturated carbocycles. The molecule has 1 heterocycles. The van der Waals surface area contributed by atoms with Crippen molar-refractivity contribution in [1.82, 2.24) is 15.1 Å². The molecule has 1 N–H and O–H groups in total. The molecule has 3 rings (SSSR count). The minimum absolute atomic E-state index is 0.0976. The molecular formula is C23H31N3O3. The van der Waals surface area contributed by atoms with Crippen LogP contribution in [0.25, 0.3) is 0 Å². The van der Waals surface area contributed by atoms with Crippen molar-refractivity contribution in [1.29, 1.82) is 0 Å². The van der Waals surface area contributed by atoms with Crippen molar-refractivity contribution in [3.63, 3.8) is 0 Å². The lowest BCUT2D eigenvalue weighted by atomic mass is 10.1. The minimum Gasteiger partial charge on any atom is -0.491 e. The Morgan fingerprint density at radius 1 is 1.10 bits per heavy atom. The summed E-state index contributed by atoms with van der Waals surface area (Å²) in [6.45, 7) is 7.87. The van der Waals surface area contributed by atoms with E-state index >= 15 is 0 Å². The van der Waals surface area contributed by atoms with Gasteiger partial charge in [0.25, 0.3) is 0 Å². The Hall–Kier alpha value is -2.57. The number of carbonyl (C=O) groups is 1. The molecule has 2 aromatic carbocycles. The first-order chi connectivity index (χ1) is 14.1. The largest absolute Gasteiger partial charge is 0.491 e. The van der Waals surface area contributed by atoms with Crippen LogP contribution in [0.5, 0.6) is 5.75 Å². The molecule has 1 aliphatic rings. The fraction of sp³-hybridized carbons (Fsp3) is 0.435. The number of amides is 2. The maximum absolute atomic E-state index is 12.5. The number of rotatable bonds is 8. The Labute approximate surface area is 173 Å². The van der Waals surface area contributed by atoms with Crippen LogP contribution in [0.15, 0.2) is 48.5 Å². The Balaban J connectivity index is 1.45. The lowest BCUT2D eigenvalue weighted by Gasteiger charge is -2.27. The van der Waals surface area contributed by atoms with Gasteiger partial charge in [-0.2, -0.15) is 0 Å². The highest BCUT2D eigenvalue weighted by Gasteiger charge is 2.14. The molecule has 0 atom stereocenters. The van der Waals surface area contributed by atoms with Crippen molar-refractivity contribution in [3.05, 3.63) is 65.2 Å². The number of morpholine rings is 1. The molecule has 1 fully saturated rings. The number of aryl methyl sites for hydroxylation is 1. The maximum atomic E-state index is 12.5. The minimum atomic E-state index is -0.0976. The van der Waals surface area contributed by atoms with Gasteiger partial charge in [0, 0.05) is 33.2 Å². The third-order valence-electron chi connectivity index (χ3n) is 5.17. The van der Waals surface area contributed by atoms with Crippen molar-refractivity contribution >= 4 is 6.03 Å². The van der Waals surface area contributed by atoms with E-state index in [1.807, 2.05) is 37.3 Å². The first-order valence-electron chi connectivity index (χ1n) is 10.2. The standard InChI is InChI=1S/C23H31N3O3/c1-19-7-3-6-10-22(19)29-16-11-25(2)23(27)24-17-20-8-4-5-9-21(20)18-26-12-14-28-15-13-26/h3-10H,11-18H2,1-2H3,(H,24,27). The van der Waals surface area contributed by atoms with Gasteiger partial charge in [-0.25, -0.2) is 4.79 Å². The van der Waals surface area contributed by atoms with Gasteiger partial charge >= 0.3 is 6.03 Å². The van der Waals surface area contributed by atoms with E-state index in [1.54, 1.807) is 11.9 Å². The zero-order valence-electron chi connectivity index (χ0n) is 17.4. The highest BCUT2D eigenvalue weighted by Crippen LogP contribution is 2.16. The van der Waals surface area contributed by atoms with E-state index in [2.05, 4.69) is 28.4 Å². The van der Waals surface area contributed by atoms with E-state index in [9.17, 15) is 4.79 Å². The quantitative estimate of drug-likeness (QED) is 0.744. The van der Waals surface area contributed by atoms with Gasteiger partial charge in [-0.05, 0) is 29.7 Å². The van der Waals surface area contributed by atoms with Crippen LogP contribution >= 0.6 is 0 Å². The van der Waals surface area contributed by atoms with Gasteiger partial charge in [0.15, 0.2) is 0 Å². The maximum Gasteiger partial charge on any atom is 0.317 e. The number of carbonyl (C=O) groups excluding carboxylic acids is 1. The summed E-state index contributed by atoms with van der Waals surface area (Å²) in [6.07, 6.45) is 0. The van der Waals surface area contributed by atoms with Gasteiger partial charge in [-0.3, -0.25) is 4.90 Å². The molecule has 0 unspecified atom stereocenters. The van der Waals surface area contributed by atoms with Crippen LogP contribution in [-0.2, 0) is 17.8 Å². The Morgan fingerprint density at radius 3 is 2.55 bits per heavy atom. The van der Waals surface area contributed by atoms with Gasteiger partial charge in [0.2, 0.25) is 0 Å². The van der Waals surface area contributed by atoms with Crippen LogP contribution < -0.4 is 10.1 Å². The van der Waals surface area contributed by atoms with Crippen molar-refractivity contribution in [2.75, 3.05) is 46.5 Å². The summed E-state index contributed by atoms with van der Waals surface area (Å²) in [5, 5.41) is 3.02. The fourth-order valence-corrected chi connectivity index (χ4v) is 3.30. The van der Waals surface area contributed by atoms with Crippen molar-refractivity contribution in [3.8, 4) is 5.75 Å². The number of likely N-dealkylation sites (N-methyl/N-ethyl adjacent to an activating group) is 1. The number of hydrogen-bond acceptors (Lipinski definition) is 4. The molecule has 6 heteroatoms. The highest BCUT2D eigenvalue weighted by atomic mass is 16.5. The number of urea groups is 1. The summed E-state index contributed by atoms with van der Waals surface area (Å²) in [7, 11) is 1.79. The van der Waals surface area contributed by atoms with Crippen molar-refractivity contribution < 1.29 is 14.3 Å². The second-order valence-corrected chi connectivity index (χ2v) is 7.35. The van der Waals surface area contributed by atoms with Gasteiger partial charge in [-0.15, -0.1) is 0 Å². The second-order valence-electron chi connectivity index (χ2n) is 7.35. The monoisotopic (exact) mass is 397 g/mol. The molecule has 0 bridgehead atoms. The third kappa shape index (κ3) is 6.48. The average molecular weight is 398 g/mol. The van der Waals surface area contributed by atoms with Crippen LogP contribution in [0.1, 0.15) is 16.7 Å².